The van der Waals surface area contributed by atoms with Gasteiger partial charge in [-0.25, -0.2) is 13.2 Å². The smallest absolute Gasteiger partial charge is 0.340 e. The van der Waals surface area contributed by atoms with Crippen LogP contribution in [0.2, 0.25) is 0 Å². The Morgan fingerprint density at radius 1 is 1.17 bits per heavy atom. The summed E-state index contributed by atoms with van der Waals surface area (Å²) in [6, 6.07) is 6.13. The van der Waals surface area contributed by atoms with E-state index >= 15 is 0 Å². The molecule has 1 N–H and O–H groups in total. The molecule has 2 aliphatic rings. The lowest BCUT2D eigenvalue weighted by molar-refractivity contribution is -0.144. The van der Waals surface area contributed by atoms with E-state index in [1.807, 2.05) is 0 Å². The molecular formula is C18H17N3O7S. The van der Waals surface area contributed by atoms with Crippen molar-refractivity contribution in [2.75, 3.05) is 26.0 Å². The van der Waals surface area contributed by atoms with Gasteiger partial charge >= 0.3 is 5.97 Å². The van der Waals surface area contributed by atoms with Gasteiger partial charge in [-0.05, 0) is 36.4 Å². The van der Waals surface area contributed by atoms with Gasteiger partial charge in [0.25, 0.3) is 21.8 Å². The van der Waals surface area contributed by atoms with E-state index in [4.69, 9.17) is 9.47 Å². The fourth-order valence-electron chi connectivity index (χ4n) is 2.51. The van der Waals surface area contributed by atoms with Gasteiger partial charge in [-0.1, -0.05) is 0 Å². The number of nitrogens with zero attached hydrogens (tertiary/aromatic N) is 2. The zero-order valence-corrected chi connectivity index (χ0v) is 16.1. The van der Waals surface area contributed by atoms with Crippen LogP contribution < -0.4 is 10.1 Å². The lowest BCUT2D eigenvalue weighted by Crippen LogP contribution is -2.37. The van der Waals surface area contributed by atoms with Crippen LogP contribution in [0, 0.1) is 0 Å². The highest BCUT2D eigenvalue weighted by atomic mass is 32.2. The van der Waals surface area contributed by atoms with Crippen molar-refractivity contribution in [2.45, 2.75) is 0 Å². The van der Waals surface area contributed by atoms with Gasteiger partial charge in [0.2, 0.25) is 0 Å². The Morgan fingerprint density at radius 3 is 2.59 bits per heavy atom. The summed E-state index contributed by atoms with van der Waals surface area (Å²) in [5.74, 6) is -1.61. The number of methoxy groups -OCH3 is 1. The number of imide groups is 1. The summed E-state index contributed by atoms with van der Waals surface area (Å²) in [5, 5.41) is 2.12. The van der Waals surface area contributed by atoms with E-state index in [0.717, 1.165) is 0 Å². The van der Waals surface area contributed by atoms with Crippen LogP contribution in [-0.2, 0) is 24.3 Å². The Balaban J connectivity index is 1.53. The predicted octanol–water partition coefficient (Wildman–Crippen LogP) is -0.00760. The number of fused-ring (bicyclic) bond motifs is 1. The molecule has 3 rings (SSSR count). The normalized spacial score (nSPS) is 16.8. The van der Waals surface area contributed by atoms with Crippen molar-refractivity contribution >= 4 is 33.6 Å². The minimum absolute atomic E-state index is 0.123. The molecule has 1 aromatic rings. The highest BCUT2D eigenvalue weighted by Gasteiger charge is 2.25. The number of amidine groups is 1. The number of ether oxygens (including phenoxy) is 2. The van der Waals surface area contributed by atoms with Crippen LogP contribution in [0.25, 0.3) is 0 Å². The quantitative estimate of drug-likeness (QED) is 0.660. The Hall–Kier alpha value is -3.47. The summed E-state index contributed by atoms with van der Waals surface area (Å²) in [7, 11) is -2.00. The Labute approximate surface area is 166 Å². The Kier molecular flexibility index (Phi) is 5.78. The molecule has 152 valence electrons. The predicted molar refractivity (Wildman–Crippen MR) is 102 cm³/mol. The van der Waals surface area contributed by atoms with E-state index in [1.165, 1.54) is 42.5 Å². The van der Waals surface area contributed by atoms with Crippen molar-refractivity contribution < 1.29 is 32.3 Å². The molecule has 11 heteroatoms. The van der Waals surface area contributed by atoms with Gasteiger partial charge in [-0.2, -0.15) is 0 Å². The van der Waals surface area contributed by atoms with Crippen molar-refractivity contribution in [3.8, 4) is 5.75 Å². The van der Waals surface area contributed by atoms with Crippen LogP contribution in [0.1, 0.15) is 10.4 Å². The third-order valence-electron chi connectivity index (χ3n) is 4.00. The maximum Gasteiger partial charge on any atom is 0.340 e. The molecule has 2 heterocycles. The minimum atomic E-state index is -3.49. The van der Waals surface area contributed by atoms with Crippen LogP contribution >= 0.6 is 0 Å². The molecule has 0 atom stereocenters. The SMILES string of the molecule is COc1ccc(C(=O)NC(=O)COC(=O)C2=CN3CCS(=O)(=O)N=C3C=C2)cc1. The molecule has 0 fully saturated rings. The molecule has 0 saturated heterocycles. The van der Waals surface area contributed by atoms with Crippen molar-refractivity contribution in [1.29, 1.82) is 0 Å². The van der Waals surface area contributed by atoms with Gasteiger partial charge in [0.1, 0.15) is 11.6 Å². The van der Waals surface area contributed by atoms with E-state index in [9.17, 15) is 22.8 Å². The summed E-state index contributed by atoms with van der Waals surface area (Å²) >= 11 is 0. The van der Waals surface area contributed by atoms with Gasteiger partial charge in [0.15, 0.2) is 6.61 Å². The standard InChI is InChI=1S/C18H17N3O7S/c1-27-14-5-2-12(3-6-14)17(23)19-16(22)11-28-18(24)13-4-7-15-20-29(25,26)9-8-21(15)10-13/h2-7,10H,8-9,11H2,1H3,(H,19,22,23). The van der Waals surface area contributed by atoms with Crippen LogP contribution in [0.4, 0.5) is 0 Å². The summed E-state index contributed by atoms with van der Waals surface area (Å²) in [4.78, 5) is 37.5. The number of amides is 2. The van der Waals surface area contributed by atoms with E-state index < -0.39 is 34.4 Å². The van der Waals surface area contributed by atoms with Crippen molar-refractivity contribution in [1.82, 2.24) is 10.2 Å². The topological polar surface area (TPSA) is 131 Å². The summed E-state index contributed by atoms with van der Waals surface area (Å²) in [6.07, 6.45) is 4.12. The number of hydrogen-bond donors (Lipinski definition) is 1. The second-order valence-electron chi connectivity index (χ2n) is 6.03. The summed E-state index contributed by atoms with van der Waals surface area (Å²) < 4.78 is 36.5. The number of nitrogens with one attached hydrogen (secondary N) is 1. The van der Waals surface area contributed by atoms with Crippen LogP contribution in [0.3, 0.4) is 0 Å². The molecule has 2 amide bonds. The van der Waals surface area contributed by atoms with Gasteiger partial charge in [-0.15, -0.1) is 4.40 Å². The lowest BCUT2D eigenvalue weighted by Gasteiger charge is -2.26. The molecule has 0 aromatic heterocycles. The second kappa shape index (κ2) is 8.27. The zero-order chi connectivity index (χ0) is 21.0. The van der Waals surface area contributed by atoms with Crippen molar-refractivity contribution in [3.63, 3.8) is 0 Å². The molecule has 0 spiro atoms. The van der Waals surface area contributed by atoms with Gasteiger partial charge in [-0.3, -0.25) is 14.9 Å². The molecule has 0 unspecified atom stereocenters. The fourth-order valence-corrected chi connectivity index (χ4v) is 3.48. The second-order valence-corrected chi connectivity index (χ2v) is 7.78. The Morgan fingerprint density at radius 2 is 1.90 bits per heavy atom. The number of esters is 1. The minimum Gasteiger partial charge on any atom is -0.497 e. The highest BCUT2D eigenvalue weighted by molar-refractivity contribution is 7.90. The van der Waals surface area contributed by atoms with Gasteiger partial charge in [0, 0.05) is 18.3 Å². The molecule has 0 aliphatic carbocycles. The number of sulfonamides is 1. The highest BCUT2D eigenvalue weighted by Crippen LogP contribution is 2.16. The lowest BCUT2D eigenvalue weighted by atomic mass is 10.2. The molecule has 29 heavy (non-hydrogen) atoms. The fraction of sp³-hybridized carbons (Fsp3) is 0.222. The van der Waals surface area contributed by atoms with Crippen molar-refractivity contribution in [2.24, 2.45) is 4.40 Å². The molecule has 0 radical (unpaired) electrons. The third kappa shape index (κ3) is 5.08. The van der Waals surface area contributed by atoms with E-state index in [1.54, 1.807) is 12.1 Å². The first-order chi connectivity index (χ1) is 13.8. The van der Waals surface area contributed by atoms with Crippen molar-refractivity contribution in [3.05, 3.63) is 53.8 Å². The van der Waals surface area contributed by atoms with E-state index in [-0.39, 0.29) is 29.3 Å². The first kappa shape index (κ1) is 20.3. The van der Waals surface area contributed by atoms with E-state index in [0.29, 0.717) is 5.75 Å². The molecule has 2 aliphatic heterocycles. The maximum absolute atomic E-state index is 12.1. The summed E-state index contributed by atoms with van der Waals surface area (Å²) in [5.41, 5.74) is 0.368. The zero-order valence-electron chi connectivity index (χ0n) is 15.3. The van der Waals surface area contributed by atoms with Crippen LogP contribution in [0.15, 0.2) is 52.6 Å². The van der Waals surface area contributed by atoms with Crippen LogP contribution in [-0.4, -0.2) is 63.0 Å². The van der Waals surface area contributed by atoms with E-state index in [2.05, 4.69) is 9.71 Å². The number of benzene rings is 1. The molecular weight excluding hydrogens is 402 g/mol. The summed E-state index contributed by atoms with van der Waals surface area (Å²) in [6.45, 7) is -0.500. The molecule has 1 aromatic carbocycles. The average molecular weight is 419 g/mol. The molecule has 0 bridgehead atoms. The molecule has 10 nitrogen and oxygen atoms in total. The first-order valence-electron chi connectivity index (χ1n) is 8.42. The number of carbonyl (C=O) groups excluding carboxylic acids is 3. The number of carbonyl (C=O) groups is 3. The van der Waals surface area contributed by atoms with Crippen LogP contribution in [0.5, 0.6) is 5.75 Å². The monoisotopic (exact) mass is 419 g/mol. The average Bonchev–Trinajstić information content (AvgIpc) is 2.71. The van der Waals surface area contributed by atoms with Gasteiger partial charge in [0.05, 0.1) is 18.4 Å². The third-order valence-corrected chi connectivity index (χ3v) is 5.16. The maximum atomic E-state index is 12.1. The first-order valence-corrected chi connectivity index (χ1v) is 10.0. The Bertz CT molecular complexity index is 1040. The molecule has 0 saturated carbocycles. The number of hydrogen-bond acceptors (Lipinski definition) is 8. The number of rotatable bonds is 5. The van der Waals surface area contributed by atoms with Gasteiger partial charge < -0.3 is 14.4 Å². The largest absolute Gasteiger partial charge is 0.497 e.